The van der Waals surface area contributed by atoms with Gasteiger partial charge in [0.25, 0.3) is 0 Å². The van der Waals surface area contributed by atoms with E-state index in [1.807, 2.05) is 96.7 Å². The minimum absolute atomic E-state index is 0.429. The van der Waals surface area contributed by atoms with E-state index in [0.29, 0.717) is 17.9 Å². The summed E-state index contributed by atoms with van der Waals surface area (Å²) >= 11 is 0. The van der Waals surface area contributed by atoms with Gasteiger partial charge in [0.05, 0.1) is 30.8 Å². The highest BCUT2D eigenvalue weighted by Crippen LogP contribution is 2.37. The summed E-state index contributed by atoms with van der Waals surface area (Å²) in [6, 6.07) is 25.0. The van der Waals surface area contributed by atoms with Crippen LogP contribution >= 0.6 is 0 Å². The monoisotopic (exact) mass is 486 g/mol. The summed E-state index contributed by atoms with van der Waals surface area (Å²) in [5.74, 6) is 0.713. The third-order valence-corrected chi connectivity index (χ3v) is 7.10. The molecule has 3 aromatic carbocycles. The van der Waals surface area contributed by atoms with Crippen LogP contribution in [0.25, 0.3) is 16.9 Å². The van der Waals surface area contributed by atoms with Crippen molar-refractivity contribution in [3.63, 3.8) is 0 Å². The van der Waals surface area contributed by atoms with Crippen molar-refractivity contribution in [1.29, 1.82) is 0 Å². The number of hydrogen-bond donors (Lipinski definition) is 0. The number of aryl methyl sites for hydroxylation is 1. The molecule has 0 amide bonds. The molecule has 8 heteroatoms. The number of aromatic nitrogens is 2. The molecular formula is C27H26N4O3S. The molecule has 0 spiro atoms. The third-order valence-electron chi connectivity index (χ3n) is 6.08. The zero-order chi connectivity index (χ0) is 24.6. The SMILES string of the molecule is COc1ccc([C@H]2CC(c3cn(-c4ccccc4)nc3-c3ccc(C)cc3)=NN2S(C)(=O)=O)cc1. The Hall–Kier alpha value is -3.91. The molecular weight excluding hydrogens is 460 g/mol. The van der Waals surface area contributed by atoms with Crippen molar-refractivity contribution >= 4 is 15.7 Å². The maximum atomic E-state index is 12.7. The highest BCUT2D eigenvalue weighted by Gasteiger charge is 2.36. The Labute approximate surface area is 205 Å². The van der Waals surface area contributed by atoms with E-state index in [1.165, 1.54) is 10.7 Å². The Morgan fingerprint density at radius 2 is 1.63 bits per heavy atom. The maximum absolute atomic E-state index is 12.7. The molecule has 5 rings (SSSR count). The largest absolute Gasteiger partial charge is 0.497 e. The van der Waals surface area contributed by atoms with Crippen LogP contribution in [0.1, 0.15) is 29.2 Å². The fraction of sp³-hybridized carbons (Fsp3) is 0.185. The summed E-state index contributed by atoms with van der Waals surface area (Å²) in [6.07, 6.45) is 3.54. The Morgan fingerprint density at radius 1 is 0.943 bits per heavy atom. The third kappa shape index (κ3) is 4.57. The van der Waals surface area contributed by atoms with E-state index in [4.69, 9.17) is 9.84 Å². The minimum atomic E-state index is -3.60. The normalized spacial score (nSPS) is 15.8. The van der Waals surface area contributed by atoms with Crippen molar-refractivity contribution in [2.75, 3.05) is 13.4 Å². The van der Waals surface area contributed by atoms with Gasteiger partial charge in [-0.05, 0) is 36.8 Å². The van der Waals surface area contributed by atoms with E-state index in [1.54, 1.807) is 7.11 Å². The van der Waals surface area contributed by atoms with Gasteiger partial charge >= 0.3 is 0 Å². The summed E-state index contributed by atoms with van der Waals surface area (Å²) in [5, 5.41) is 9.50. The molecule has 1 atom stereocenters. The van der Waals surface area contributed by atoms with Crippen molar-refractivity contribution in [1.82, 2.24) is 14.2 Å². The average Bonchev–Trinajstić information content (AvgIpc) is 3.50. The van der Waals surface area contributed by atoms with Crippen molar-refractivity contribution in [3.8, 4) is 22.7 Å². The van der Waals surface area contributed by atoms with E-state index < -0.39 is 16.1 Å². The molecule has 4 aromatic rings. The van der Waals surface area contributed by atoms with E-state index in [-0.39, 0.29) is 0 Å². The van der Waals surface area contributed by atoms with E-state index in [9.17, 15) is 8.42 Å². The minimum Gasteiger partial charge on any atom is -0.497 e. The number of rotatable bonds is 6. The molecule has 0 aliphatic carbocycles. The topological polar surface area (TPSA) is 76.8 Å². The standard InChI is InChI=1S/C27H26N4O3S/c1-19-9-11-21(12-10-19)27-24(18-30(29-27)22-7-5-4-6-8-22)25-17-26(31(28-25)35(3,32)33)20-13-15-23(34-2)16-14-20/h4-16,18,26H,17H2,1-3H3/t26-/m1/s1. The fourth-order valence-electron chi connectivity index (χ4n) is 4.25. The van der Waals surface area contributed by atoms with Gasteiger partial charge in [0.15, 0.2) is 0 Å². The number of para-hydroxylation sites is 1. The molecule has 35 heavy (non-hydrogen) atoms. The number of sulfonamides is 1. The van der Waals surface area contributed by atoms with Crippen molar-refractivity contribution in [3.05, 3.63) is 102 Å². The summed E-state index contributed by atoms with van der Waals surface area (Å²) in [5.41, 5.74) is 6.10. The number of ether oxygens (including phenoxy) is 1. The van der Waals surface area contributed by atoms with Crippen LogP contribution in [0.4, 0.5) is 0 Å². The second kappa shape index (κ2) is 9.03. The lowest BCUT2D eigenvalue weighted by Gasteiger charge is -2.21. The Balaban J connectivity index is 1.61. The second-order valence-corrected chi connectivity index (χ2v) is 10.5. The predicted octanol–water partition coefficient (Wildman–Crippen LogP) is 4.97. The van der Waals surface area contributed by atoms with Gasteiger partial charge in [-0.25, -0.2) is 13.1 Å². The van der Waals surface area contributed by atoms with Gasteiger partial charge in [0.2, 0.25) is 10.0 Å². The summed E-state index contributed by atoms with van der Waals surface area (Å²) in [6.45, 7) is 2.04. The lowest BCUT2D eigenvalue weighted by Crippen LogP contribution is -2.25. The first-order valence-electron chi connectivity index (χ1n) is 11.3. The highest BCUT2D eigenvalue weighted by atomic mass is 32.2. The van der Waals surface area contributed by atoms with Gasteiger partial charge in [-0.15, -0.1) is 0 Å². The Bertz CT molecular complexity index is 1480. The summed E-state index contributed by atoms with van der Waals surface area (Å²) < 4.78 is 33.7. The zero-order valence-corrected chi connectivity index (χ0v) is 20.6. The van der Waals surface area contributed by atoms with E-state index in [2.05, 4.69) is 5.10 Å². The molecule has 0 bridgehead atoms. The quantitative estimate of drug-likeness (QED) is 0.386. The van der Waals surface area contributed by atoms with Gasteiger partial charge in [-0.1, -0.05) is 60.2 Å². The molecule has 0 saturated carbocycles. The van der Waals surface area contributed by atoms with Crippen LogP contribution in [-0.2, 0) is 10.0 Å². The summed E-state index contributed by atoms with van der Waals surface area (Å²) in [7, 11) is -1.99. The number of methoxy groups -OCH3 is 1. The molecule has 1 aromatic heterocycles. The van der Waals surface area contributed by atoms with Crippen LogP contribution in [0.5, 0.6) is 5.75 Å². The molecule has 178 valence electrons. The number of benzene rings is 3. The van der Waals surface area contributed by atoms with Gasteiger partial charge in [-0.3, -0.25) is 0 Å². The number of nitrogens with zero attached hydrogens (tertiary/aromatic N) is 4. The Kier molecular flexibility index (Phi) is 5.90. The van der Waals surface area contributed by atoms with Gasteiger partial charge in [-0.2, -0.15) is 14.6 Å². The van der Waals surface area contributed by atoms with Crippen molar-refractivity contribution in [2.45, 2.75) is 19.4 Å². The molecule has 1 aliphatic heterocycles. The zero-order valence-electron chi connectivity index (χ0n) is 19.8. The van der Waals surface area contributed by atoms with Gasteiger partial charge in [0, 0.05) is 23.7 Å². The van der Waals surface area contributed by atoms with Crippen LogP contribution in [0.3, 0.4) is 0 Å². The van der Waals surface area contributed by atoms with E-state index >= 15 is 0 Å². The first-order valence-corrected chi connectivity index (χ1v) is 13.1. The first-order chi connectivity index (χ1) is 16.8. The van der Waals surface area contributed by atoms with Crippen LogP contribution in [0, 0.1) is 6.92 Å². The molecule has 7 nitrogen and oxygen atoms in total. The van der Waals surface area contributed by atoms with Crippen molar-refractivity contribution in [2.24, 2.45) is 5.10 Å². The lowest BCUT2D eigenvalue weighted by atomic mass is 9.97. The molecule has 0 saturated heterocycles. The molecule has 0 unspecified atom stereocenters. The predicted molar refractivity (Wildman–Crippen MR) is 137 cm³/mol. The van der Waals surface area contributed by atoms with Crippen LogP contribution < -0.4 is 4.74 Å². The Morgan fingerprint density at radius 3 is 2.26 bits per heavy atom. The molecule has 0 N–H and O–H groups in total. The smallest absolute Gasteiger partial charge is 0.247 e. The average molecular weight is 487 g/mol. The van der Waals surface area contributed by atoms with Gasteiger partial charge in [0.1, 0.15) is 11.4 Å². The lowest BCUT2D eigenvalue weighted by molar-refractivity contribution is 0.374. The maximum Gasteiger partial charge on any atom is 0.247 e. The van der Waals surface area contributed by atoms with Gasteiger partial charge < -0.3 is 4.74 Å². The first kappa shape index (κ1) is 22.9. The highest BCUT2D eigenvalue weighted by molar-refractivity contribution is 7.88. The molecule has 2 heterocycles. The van der Waals surface area contributed by atoms with Crippen molar-refractivity contribution < 1.29 is 13.2 Å². The molecule has 0 fully saturated rings. The fourth-order valence-corrected chi connectivity index (χ4v) is 5.16. The molecule has 1 aliphatic rings. The second-order valence-electron chi connectivity index (χ2n) is 8.61. The molecule has 0 radical (unpaired) electrons. The number of hydrazone groups is 1. The van der Waals surface area contributed by atoms with Crippen LogP contribution in [-0.4, -0.2) is 41.7 Å². The summed E-state index contributed by atoms with van der Waals surface area (Å²) in [4.78, 5) is 0. The van der Waals surface area contributed by atoms with E-state index in [0.717, 1.165) is 33.6 Å². The number of hydrogen-bond acceptors (Lipinski definition) is 5. The van der Waals surface area contributed by atoms with Crippen LogP contribution in [0.2, 0.25) is 0 Å². The van der Waals surface area contributed by atoms with Crippen LogP contribution in [0.15, 0.2) is 90.2 Å².